The van der Waals surface area contributed by atoms with E-state index in [2.05, 4.69) is 10.2 Å². The van der Waals surface area contributed by atoms with Crippen LogP contribution in [-0.2, 0) is 11.3 Å². The number of nitrogens with two attached hydrogens (primary N) is 1. The van der Waals surface area contributed by atoms with Crippen LogP contribution < -0.4 is 10.5 Å². The lowest BCUT2D eigenvalue weighted by Gasteiger charge is -2.11. The van der Waals surface area contributed by atoms with Gasteiger partial charge < -0.3 is 19.8 Å². The summed E-state index contributed by atoms with van der Waals surface area (Å²) in [7, 11) is 3.22. The molecule has 2 rings (SSSR count). The van der Waals surface area contributed by atoms with Crippen molar-refractivity contribution in [3.8, 4) is 17.1 Å². The quantitative estimate of drug-likeness (QED) is 0.847. The molecule has 0 bridgehead atoms. The van der Waals surface area contributed by atoms with Gasteiger partial charge in [-0.3, -0.25) is 0 Å². The zero-order valence-electron chi connectivity index (χ0n) is 10.8. The van der Waals surface area contributed by atoms with E-state index in [0.29, 0.717) is 35.4 Å². The molecule has 0 unspecified atom stereocenters. The van der Waals surface area contributed by atoms with Crippen LogP contribution in [0.2, 0.25) is 5.02 Å². The third kappa shape index (κ3) is 2.80. The van der Waals surface area contributed by atoms with E-state index < -0.39 is 0 Å². The Balaban J connectivity index is 2.46. The maximum atomic E-state index is 6.05. The minimum Gasteiger partial charge on any atom is -0.496 e. The number of hydrogen-bond acceptors (Lipinski definition) is 5. The molecule has 102 valence electrons. The second-order valence-electron chi connectivity index (χ2n) is 3.91. The Morgan fingerprint density at radius 1 is 1.37 bits per heavy atom. The van der Waals surface area contributed by atoms with Crippen LogP contribution >= 0.6 is 11.6 Å². The van der Waals surface area contributed by atoms with Crippen molar-refractivity contribution in [1.82, 2.24) is 14.8 Å². The Hall–Kier alpha value is -1.79. The Morgan fingerprint density at radius 3 is 2.84 bits per heavy atom. The van der Waals surface area contributed by atoms with E-state index in [9.17, 15) is 0 Å². The van der Waals surface area contributed by atoms with Crippen molar-refractivity contribution < 1.29 is 9.47 Å². The number of methoxy groups -OCH3 is 2. The first kappa shape index (κ1) is 13.6. The molecule has 0 aliphatic carbocycles. The lowest BCUT2D eigenvalue weighted by Crippen LogP contribution is -2.05. The summed E-state index contributed by atoms with van der Waals surface area (Å²) in [6, 6.07) is 3.40. The Kier molecular flexibility index (Phi) is 4.24. The average Bonchev–Trinajstić information content (AvgIpc) is 2.87. The highest BCUT2D eigenvalue weighted by Crippen LogP contribution is 2.35. The topological polar surface area (TPSA) is 75.2 Å². The number of anilines is 1. The maximum Gasteiger partial charge on any atom is 0.167 e. The minimum absolute atomic E-state index is 0.456. The Labute approximate surface area is 116 Å². The van der Waals surface area contributed by atoms with Gasteiger partial charge in [0.25, 0.3) is 0 Å². The second kappa shape index (κ2) is 5.90. The highest BCUT2D eigenvalue weighted by Gasteiger charge is 2.15. The van der Waals surface area contributed by atoms with Crippen LogP contribution in [0.15, 0.2) is 18.5 Å². The molecular formula is C12H15ClN4O2. The van der Waals surface area contributed by atoms with E-state index in [1.165, 1.54) is 0 Å². The molecule has 7 heteroatoms. The number of aromatic nitrogens is 3. The van der Waals surface area contributed by atoms with Gasteiger partial charge in [0.05, 0.1) is 30.0 Å². The molecule has 6 nitrogen and oxygen atoms in total. The molecule has 0 saturated carbocycles. The lowest BCUT2D eigenvalue weighted by molar-refractivity contribution is 0.187. The summed E-state index contributed by atoms with van der Waals surface area (Å²) >= 11 is 6.05. The van der Waals surface area contributed by atoms with E-state index in [1.54, 1.807) is 32.7 Å². The Bertz CT molecular complexity index is 571. The van der Waals surface area contributed by atoms with Crippen molar-refractivity contribution in [2.75, 3.05) is 26.6 Å². The zero-order chi connectivity index (χ0) is 13.8. The summed E-state index contributed by atoms with van der Waals surface area (Å²) in [4.78, 5) is 0. The van der Waals surface area contributed by atoms with Crippen LogP contribution in [-0.4, -0.2) is 35.6 Å². The number of nitrogens with zero attached hydrogens (tertiary/aromatic N) is 3. The standard InChI is InChI=1S/C12H15ClN4O2/c1-18-4-3-17-7-15-16-12(17)8-5-9(13)10(14)6-11(8)19-2/h5-7H,3-4,14H2,1-2H3. The second-order valence-corrected chi connectivity index (χ2v) is 4.32. The molecule has 0 aliphatic heterocycles. The van der Waals surface area contributed by atoms with Gasteiger partial charge in [-0.25, -0.2) is 0 Å². The van der Waals surface area contributed by atoms with Crippen LogP contribution in [0.5, 0.6) is 5.75 Å². The summed E-state index contributed by atoms with van der Waals surface area (Å²) in [6.45, 7) is 1.21. The fourth-order valence-electron chi connectivity index (χ4n) is 1.73. The van der Waals surface area contributed by atoms with Gasteiger partial charge in [-0.2, -0.15) is 0 Å². The molecule has 0 radical (unpaired) electrons. The molecule has 0 saturated heterocycles. The summed E-state index contributed by atoms with van der Waals surface area (Å²) in [5.41, 5.74) is 6.97. The summed E-state index contributed by atoms with van der Waals surface area (Å²) < 4.78 is 12.2. The normalized spacial score (nSPS) is 10.7. The Morgan fingerprint density at radius 2 is 2.16 bits per heavy atom. The van der Waals surface area contributed by atoms with Crippen molar-refractivity contribution in [3.05, 3.63) is 23.5 Å². The van der Waals surface area contributed by atoms with Gasteiger partial charge in [0.2, 0.25) is 0 Å². The zero-order valence-corrected chi connectivity index (χ0v) is 11.5. The van der Waals surface area contributed by atoms with Crippen LogP contribution in [0.1, 0.15) is 0 Å². The average molecular weight is 283 g/mol. The largest absolute Gasteiger partial charge is 0.496 e. The smallest absolute Gasteiger partial charge is 0.167 e. The van der Waals surface area contributed by atoms with Crippen LogP contribution in [0.3, 0.4) is 0 Å². The van der Waals surface area contributed by atoms with Gasteiger partial charge in [0.15, 0.2) is 5.82 Å². The van der Waals surface area contributed by atoms with E-state index in [4.69, 9.17) is 26.8 Å². The van der Waals surface area contributed by atoms with Crippen molar-refractivity contribution in [1.29, 1.82) is 0 Å². The van der Waals surface area contributed by atoms with Crippen molar-refractivity contribution in [3.63, 3.8) is 0 Å². The van der Waals surface area contributed by atoms with Gasteiger partial charge in [-0.1, -0.05) is 11.6 Å². The monoisotopic (exact) mass is 282 g/mol. The molecule has 0 atom stereocenters. The molecule has 1 aromatic heterocycles. The molecule has 0 aliphatic rings. The minimum atomic E-state index is 0.456. The lowest BCUT2D eigenvalue weighted by atomic mass is 10.1. The summed E-state index contributed by atoms with van der Waals surface area (Å²) in [6.07, 6.45) is 1.64. The number of hydrogen-bond donors (Lipinski definition) is 1. The molecule has 0 fully saturated rings. The van der Waals surface area contributed by atoms with Crippen LogP contribution in [0.4, 0.5) is 5.69 Å². The summed E-state index contributed by atoms with van der Waals surface area (Å²) in [5.74, 6) is 1.27. The fraction of sp³-hybridized carbons (Fsp3) is 0.333. The maximum absolute atomic E-state index is 6.05. The van der Waals surface area contributed by atoms with E-state index >= 15 is 0 Å². The first-order valence-electron chi connectivity index (χ1n) is 5.67. The molecule has 2 aromatic rings. The van der Waals surface area contributed by atoms with Gasteiger partial charge in [0, 0.05) is 19.7 Å². The molecule has 1 aromatic carbocycles. The van der Waals surface area contributed by atoms with Crippen molar-refractivity contribution in [2.45, 2.75) is 6.54 Å². The number of nitrogen functional groups attached to an aromatic ring is 1. The first-order chi connectivity index (χ1) is 9.17. The van der Waals surface area contributed by atoms with Crippen LogP contribution in [0.25, 0.3) is 11.4 Å². The first-order valence-corrected chi connectivity index (χ1v) is 6.05. The van der Waals surface area contributed by atoms with E-state index in [1.807, 2.05) is 4.57 Å². The van der Waals surface area contributed by atoms with E-state index in [0.717, 1.165) is 5.56 Å². The number of halogens is 1. The molecule has 2 N–H and O–H groups in total. The number of rotatable bonds is 5. The SMILES string of the molecule is COCCn1cnnc1-c1cc(Cl)c(N)cc1OC. The molecular weight excluding hydrogens is 268 g/mol. The van der Waals surface area contributed by atoms with E-state index in [-0.39, 0.29) is 0 Å². The van der Waals surface area contributed by atoms with Crippen molar-refractivity contribution in [2.24, 2.45) is 0 Å². The molecule has 1 heterocycles. The van der Waals surface area contributed by atoms with Gasteiger partial charge in [-0.05, 0) is 6.07 Å². The van der Waals surface area contributed by atoms with Crippen LogP contribution in [0, 0.1) is 0 Å². The summed E-state index contributed by atoms with van der Waals surface area (Å²) in [5, 5.41) is 8.46. The molecule has 19 heavy (non-hydrogen) atoms. The van der Waals surface area contributed by atoms with Gasteiger partial charge in [-0.15, -0.1) is 10.2 Å². The predicted molar refractivity (Wildman–Crippen MR) is 73.3 cm³/mol. The third-order valence-electron chi connectivity index (χ3n) is 2.71. The fourth-order valence-corrected chi connectivity index (χ4v) is 1.89. The predicted octanol–water partition coefficient (Wildman–Crippen LogP) is 1.84. The molecule has 0 spiro atoms. The van der Waals surface area contributed by atoms with Gasteiger partial charge >= 0.3 is 0 Å². The third-order valence-corrected chi connectivity index (χ3v) is 3.04. The highest BCUT2D eigenvalue weighted by molar-refractivity contribution is 6.33. The number of ether oxygens (including phenoxy) is 2. The van der Waals surface area contributed by atoms with Gasteiger partial charge in [0.1, 0.15) is 12.1 Å². The molecule has 0 amide bonds. The highest BCUT2D eigenvalue weighted by atomic mass is 35.5. The van der Waals surface area contributed by atoms with Crippen molar-refractivity contribution >= 4 is 17.3 Å². The number of benzene rings is 1.